The standard InChI is InChI=1S/C16H23BrO/c1-2-12-18-14-10-8-13(9-11-14)15-6-4-3-5-7-16(15)17/h8-11,15-16H,2-7,12H2,1H3. The lowest BCUT2D eigenvalue weighted by molar-refractivity contribution is 0.317. The summed E-state index contributed by atoms with van der Waals surface area (Å²) in [5.74, 6) is 1.67. The highest BCUT2D eigenvalue weighted by molar-refractivity contribution is 9.09. The van der Waals surface area contributed by atoms with Gasteiger partial charge in [0.15, 0.2) is 0 Å². The van der Waals surface area contributed by atoms with E-state index >= 15 is 0 Å². The van der Waals surface area contributed by atoms with Gasteiger partial charge < -0.3 is 4.74 Å². The summed E-state index contributed by atoms with van der Waals surface area (Å²) in [6, 6.07) is 8.73. The molecule has 0 N–H and O–H groups in total. The highest BCUT2D eigenvalue weighted by Crippen LogP contribution is 2.36. The summed E-state index contributed by atoms with van der Waals surface area (Å²) in [7, 11) is 0. The number of alkyl halides is 1. The van der Waals surface area contributed by atoms with Crippen LogP contribution in [-0.4, -0.2) is 11.4 Å². The number of hydrogen-bond donors (Lipinski definition) is 0. The number of halogens is 1. The third-order valence-corrected chi connectivity index (χ3v) is 4.81. The predicted molar refractivity (Wildman–Crippen MR) is 80.8 cm³/mol. The van der Waals surface area contributed by atoms with Gasteiger partial charge in [0, 0.05) is 4.83 Å². The van der Waals surface area contributed by atoms with Crippen molar-refractivity contribution in [1.29, 1.82) is 0 Å². The Bertz CT molecular complexity index is 347. The van der Waals surface area contributed by atoms with Gasteiger partial charge in [-0.25, -0.2) is 0 Å². The maximum absolute atomic E-state index is 5.64. The maximum Gasteiger partial charge on any atom is 0.119 e. The Morgan fingerprint density at radius 2 is 1.83 bits per heavy atom. The SMILES string of the molecule is CCCOc1ccc(C2CCCCCC2Br)cc1. The zero-order valence-corrected chi connectivity index (χ0v) is 12.8. The van der Waals surface area contributed by atoms with Crippen LogP contribution in [-0.2, 0) is 0 Å². The fraction of sp³-hybridized carbons (Fsp3) is 0.625. The van der Waals surface area contributed by atoms with Crippen LogP contribution in [0.5, 0.6) is 5.75 Å². The fourth-order valence-corrected chi connectivity index (χ4v) is 3.56. The van der Waals surface area contributed by atoms with Gasteiger partial charge in [0.05, 0.1) is 6.61 Å². The molecule has 0 radical (unpaired) electrons. The lowest BCUT2D eigenvalue weighted by atomic mass is 9.92. The molecule has 18 heavy (non-hydrogen) atoms. The van der Waals surface area contributed by atoms with Gasteiger partial charge in [-0.1, -0.05) is 54.2 Å². The van der Waals surface area contributed by atoms with E-state index in [4.69, 9.17) is 4.74 Å². The second-order valence-corrected chi connectivity index (χ2v) is 6.35. The average Bonchev–Trinajstić information content (AvgIpc) is 2.62. The van der Waals surface area contributed by atoms with Crippen molar-refractivity contribution in [2.24, 2.45) is 0 Å². The average molecular weight is 311 g/mol. The van der Waals surface area contributed by atoms with E-state index in [-0.39, 0.29) is 0 Å². The van der Waals surface area contributed by atoms with E-state index in [0.717, 1.165) is 18.8 Å². The van der Waals surface area contributed by atoms with Crippen LogP contribution in [0, 0.1) is 0 Å². The van der Waals surface area contributed by atoms with Crippen molar-refractivity contribution in [2.75, 3.05) is 6.61 Å². The van der Waals surface area contributed by atoms with E-state index in [2.05, 4.69) is 47.1 Å². The third kappa shape index (κ3) is 3.74. The summed E-state index contributed by atoms with van der Waals surface area (Å²) < 4.78 is 5.64. The van der Waals surface area contributed by atoms with E-state index in [0.29, 0.717) is 10.7 Å². The first-order valence-corrected chi connectivity index (χ1v) is 8.09. The largest absolute Gasteiger partial charge is 0.494 e. The van der Waals surface area contributed by atoms with Crippen molar-refractivity contribution < 1.29 is 4.74 Å². The third-order valence-electron chi connectivity index (χ3n) is 3.71. The molecule has 2 atom stereocenters. The molecule has 100 valence electrons. The molecule has 1 saturated carbocycles. The van der Waals surface area contributed by atoms with E-state index in [1.807, 2.05) is 0 Å². The molecular weight excluding hydrogens is 288 g/mol. The molecule has 0 heterocycles. The van der Waals surface area contributed by atoms with Gasteiger partial charge in [-0.2, -0.15) is 0 Å². The van der Waals surface area contributed by atoms with Gasteiger partial charge in [-0.05, 0) is 42.9 Å². The minimum atomic E-state index is 0.641. The van der Waals surface area contributed by atoms with Gasteiger partial charge in [0.25, 0.3) is 0 Å². The van der Waals surface area contributed by atoms with Gasteiger partial charge in [-0.3, -0.25) is 0 Å². The Kier molecular flexibility index (Phi) is 5.55. The monoisotopic (exact) mass is 310 g/mol. The molecule has 0 saturated heterocycles. The molecule has 1 aromatic carbocycles. The van der Waals surface area contributed by atoms with E-state index < -0.39 is 0 Å². The Labute approximate surface area is 119 Å². The number of hydrogen-bond acceptors (Lipinski definition) is 1. The topological polar surface area (TPSA) is 9.23 Å². The predicted octanol–water partition coefficient (Wildman–Crippen LogP) is 5.29. The molecule has 0 spiro atoms. The molecule has 1 aliphatic carbocycles. The number of rotatable bonds is 4. The second kappa shape index (κ2) is 7.18. The first kappa shape index (κ1) is 13.9. The molecule has 2 heteroatoms. The zero-order chi connectivity index (χ0) is 12.8. The molecule has 0 aliphatic heterocycles. The molecule has 2 rings (SSSR count). The molecule has 2 unspecified atom stereocenters. The zero-order valence-electron chi connectivity index (χ0n) is 11.2. The van der Waals surface area contributed by atoms with Crippen LogP contribution in [0.1, 0.15) is 56.9 Å². The summed E-state index contributed by atoms with van der Waals surface area (Å²) in [6.07, 6.45) is 7.79. The van der Waals surface area contributed by atoms with Crippen LogP contribution in [0.25, 0.3) is 0 Å². The van der Waals surface area contributed by atoms with Crippen LogP contribution in [0.4, 0.5) is 0 Å². The number of ether oxygens (including phenoxy) is 1. The minimum absolute atomic E-state index is 0.641. The Morgan fingerprint density at radius 1 is 1.11 bits per heavy atom. The van der Waals surface area contributed by atoms with E-state index in [1.165, 1.54) is 37.7 Å². The highest BCUT2D eigenvalue weighted by Gasteiger charge is 2.22. The van der Waals surface area contributed by atoms with Gasteiger partial charge >= 0.3 is 0 Å². The summed E-state index contributed by atoms with van der Waals surface area (Å²) >= 11 is 3.87. The van der Waals surface area contributed by atoms with Crippen LogP contribution < -0.4 is 4.74 Å². The summed E-state index contributed by atoms with van der Waals surface area (Å²) in [5.41, 5.74) is 1.46. The molecule has 1 aliphatic rings. The van der Waals surface area contributed by atoms with Crippen molar-refractivity contribution in [2.45, 2.75) is 56.2 Å². The number of benzene rings is 1. The molecule has 0 amide bonds. The quantitative estimate of drug-likeness (QED) is 0.542. The molecule has 0 aromatic heterocycles. The van der Waals surface area contributed by atoms with Crippen LogP contribution in [0.3, 0.4) is 0 Å². The lowest BCUT2D eigenvalue weighted by Gasteiger charge is -2.20. The smallest absolute Gasteiger partial charge is 0.119 e. The van der Waals surface area contributed by atoms with Crippen LogP contribution >= 0.6 is 15.9 Å². The van der Waals surface area contributed by atoms with Gasteiger partial charge in [0.1, 0.15) is 5.75 Å². The maximum atomic E-state index is 5.64. The van der Waals surface area contributed by atoms with Crippen molar-refractivity contribution in [3.05, 3.63) is 29.8 Å². The normalized spacial score (nSPS) is 24.6. The van der Waals surface area contributed by atoms with Crippen LogP contribution in [0.2, 0.25) is 0 Å². The summed E-state index contributed by atoms with van der Waals surface area (Å²) in [6.45, 7) is 2.94. The molecular formula is C16H23BrO. The fourth-order valence-electron chi connectivity index (χ4n) is 2.67. The molecule has 1 aromatic rings. The first-order chi connectivity index (χ1) is 8.81. The summed E-state index contributed by atoms with van der Waals surface area (Å²) in [5, 5.41) is 0. The van der Waals surface area contributed by atoms with Crippen molar-refractivity contribution in [1.82, 2.24) is 0 Å². The molecule has 0 bridgehead atoms. The molecule has 1 nitrogen and oxygen atoms in total. The lowest BCUT2D eigenvalue weighted by Crippen LogP contribution is -2.10. The first-order valence-electron chi connectivity index (χ1n) is 7.18. The van der Waals surface area contributed by atoms with Gasteiger partial charge in [0.2, 0.25) is 0 Å². The van der Waals surface area contributed by atoms with Gasteiger partial charge in [-0.15, -0.1) is 0 Å². The van der Waals surface area contributed by atoms with Crippen LogP contribution in [0.15, 0.2) is 24.3 Å². The second-order valence-electron chi connectivity index (χ2n) is 5.18. The Balaban J connectivity index is 2.03. The Hall–Kier alpha value is -0.500. The van der Waals surface area contributed by atoms with E-state index in [9.17, 15) is 0 Å². The van der Waals surface area contributed by atoms with Crippen molar-refractivity contribution >= 4 is 15.9 Å². The van der Waals surface area contributed by atoms with Crippen molar-refractivity contribution in [3.63, 3.8) is 0 Å². The minimum Gasteiger partial charge on any atom is -0.494 e. The molecule has 1 fully saturated rings. The van der Waals surface area contributed by atoms with E-state index in [1.54, 1.807) is 0 Å². The highest BCUT2D eigenvalue weighted by atomic mass is 79.9. The van der Waals surface area contributed by atoms with Crippen molar-refractivity contribution in [3.8, 4) is 5.75 Å². The summed E-state index contributed by atoms with van der Waals surface area (Å²) in [4.78, 5) is 0.641. The Morgan fingerprint density at radius 3 is 2.56 bits per heavy atom.